The highest BCUT2D eigenvalue weighted by Crippen LogP contribution is 2.66. The summed E-state index contributed by atoms with van der Waals surface area (Å²) in [5, 5.41) is 10.4. The molecule has 2 bridgehead atoms. The molecule has 5 fully saturated rings. The fourth-order valence-corrected chi connectivity index (χ4v) is 6.26. The van der Waals surface area contributed by atoms with Gasteiger partial charge in [-0.3, -0.25) is 9.59 Å². The molecule has 4 aliphatic carbocycles. The Kier molecular flexibility index (Phi) is 3.29. The standard InChI is InChI=1S/C20H28O4/c1-11-10-20-8-6-15-19(4,7-5-14(21)18(2,3)24-15)13(20)9-12(11)16(22)17(20)23/h12-13,15-16,22H,1,5-10H2,2-4H3. The molecule has 5 aliphatic rings. The van der Waals surface area contributed by atoms with Crippen LogP contribution < -0.4 is 0 Å². The van der Waals surface area contributed by atoms with E-state index in [2.05, 4.69) is 13.5 Å². The molecule has 1 aliphatic heterocycles. The summed E-state index contributed by atoms with van der Waals surface area (Å²) in [6, 6.07) is 0. The molecule has 4 nitrogen and oxygen atoms in total. The van der Waals surface area contributed by atoms with Gasteiger partial charge in [-0.15, -0.1) is 0 Å². The van der Waals surface area contributed by atoms with Gasteiger partial charge in [0.15, 0.2) is 11.6 Å². The Balaban J connectivity index is 1.77. The van der Waals surface area contributed by atoms with Crippen molar-refractivity contribution in [2.45, 2.75) is 77.1 Å². The van der Waals surface area contributed by atoms with Crippen molar-refractivity contribution in [2.75, 3.05) is 0 Å². The first-order valence-corrected chi connectivity index (χ1v) is 9.23. The molecular weight excluding hydrogens is 304 g/mol. The van der Waals surface area contributed by atoms with E-state index in [0.717, 1.165) is 31.3 Å². The molecule has 0 aromatic rings. The number of hydrogen-bond acceptors (Lipinski definition) is 4. The van der Waals surface area contributed by atoms with Crippen LogP contribution in [-0.4, -0.2) is 34.5 Å². The lowest BCUT2D eigenvalue weighted by Crippen LogP contribution is -2.65. The maximum Gasteiger partial charge on any atom is 0.168 e. The van der Waals surface area contributed by atoms with Crippen LogP contribution in [0.15, 0.2) is 12.2 Å². The van der Waals surface area contributed by atoms with E-state index in [0.29, 0.717) is 12.8 Å². The van der Waals surface area contributed by atoms with Gasteiger partial charge >= 0.3 is 0 Å². The molecule has 1 saturated heterocycles. The minimum atomic E-state index is -0.882. The molecule has 0 radical (unpaired) electrons. The highest BCUT2D eigenvalue weighted by molar-refractivity contribution is 5.93. The van der Waals surface area contributed by atoms with Crippen molar-refractivity contribution < 1.29 is 19.4 Å². The maximum atomic E-state index is 13.0. The zero-order chi connectivity index (χ0) is 17.5. The Morgan fingerprint density at radius 3 is 2.62 bits per heavy atom. The zero-order valence-electron chi connectivity index (χ0n) is 14.9. The molecule has 0 amide bonds. The van der Waals surface area contributed by atoms with Crippen molar-refractivity contribution in [3.63, 3.8) is 0 Å². The second-order valence-corrected chi connectivity index (χ2v) is 9.28. The van der Waals surface area contributed by atoms with Gasteiger partial charge in [0, 0.05) is 17.8 Å². The van der Waals surface area contributed by atoms with Crippen molar-refractivity contribution in [3.8, 4) is 0 Å². The van der Waals surface area contributed by atoms with Gasteiger partial charge in [-0.2, -0.15) is 0 Å². The summed E-state index contributed by atoms with van der Waals surface area (Å²) in [6.07, 6.45) is 3.43. The van der Waals surface area contributed by atoms with Crippen LogP contribution in [0.2, 0.25) is 0 Å². The van der Waals surface area contributed by atoms with E-state index in [-0.39, 0.29) is 34.9 Å². The van der Waals surface area contributed by atoms with Crippen molar-refractivity contribution in [1.82, 2.24) is 0 Å². The van der Waals surface area contributed by atoms with Crippen LogP contribution in [0.3, 0.4) is 0 Å². The van der Waals surface area contributed by atoms with Crippen LogP contribution in [0.25, 0.3) is 0 Å². The average molecular weight is 332 g/mol. The third-order valence-corrected chi connectivity index (χ3v) is 7.75. The van der Waals surface area contributed by atoms with Gasteiger partial charge in [-0.05, 0) is 57.3 Å². The molecule has 1 spiro atoms. The van der Waals surface area contributed by atoms with E-state index >= 15 is 0 Å². The number of carbonyl (C=O) groups excluding carboxylic acids is 2. The van der Waals surface area contributed by atoms with E-state index < -0.39 is 17.1 Å². The predicted molar refractivity (Wildman–Crippen MR) is 89.3 cm³/mol. The molecule has 6 unspecified atom stereocenters. The minimum Gasteiger partial charge on any atom is -0.385 e. The molecule has 6 atom stereocenters. The largest absolute Gasteiger partial charge is 0.385 e. The van der Waals surface area contributed by atoms with Crippen molar-refractivity contribution in [1.29, 1.82) is 0 Å². The van der Waals surface area contributed by atoms with Crippen LogP contribution in [0.1, 0.15) is 59.3 Å². The SMILES string of the molecule is C=C1CC23CCC4OC(C)(C)C(=O)CCC4(C)C2CC1C(O)C3=O. The highest BCUT2D eigenvalue weighted by Gasteiger charge is 2.67. The number of rotatable bonds is 0. The Morgan fingerprint density at radius 2 is 1.92 bits per heavy atom. The smallest absolute Gasteiger partial charge is 0.168 e. The van der Waals surface area contributed by atoms with Crippen LogP contribution >= 0.6 is 0 Å². The molecule has 1 N–H and O–H groups in total. The molecular formula is C20H28O4. The fourth-order valence-electron chi connectivity index (χ4n) is 6.26. The van der Waals surface area contributed by atoms with Gasteiger partial charge < -0.3 is 9.84 Å². The summed E-state index contributed by atoms with van der Waals surface area (Å²) in [5.41, 5.74) is -0.381. The molecule has 5 rings (SSSR count). The maximum absolute atomic E-state index is 13.0. The molecule has 0 aromatic carbocycles. The van der Waals surface area contributed by atoms with E-state index in [1.165, 1.54) is 0 Å². The summed E-state index contributed by atoms with van der Waals surface area (Å²) >= 11 is 0. The topological polar surface area (TPSA) is 63.6 Å². The van der Waals surface area contributed by atoms with Crippen molar-refractivity contribution in [2.24, 2.45) is 22.7 Å². The van der Waals surface area contributed by atoms with Gasteiger partial charge in [0.25, 0.3) is 0 Å². The van der Waals surface area contributed by atoms with E-state index in [9.17, 15) is 14.7 Å². The predicted octanol–water partition coefficient (Wildman–Crippen LogP) is 2.83. The zero-order valence-corrected chi connectivity index (χ0v) is 14.9. The highest BCUT2D eigenvalue weighted by atomic mass is 16.5. The van der Waals surface area contributed by atoms with Gasteiger partial charge in [-0.25, -0.2) is 0 Å². The first-order chi connectivity index (χ1) is 11.1. The van der Waals surface area contributed by atoms with E-state index in [1.807, 2.05) is 13.8 Å². The average Bonchev–Trinajstić information content (AvgIpc) is 2.60. The Hall–Kier alpha value is -1.00. The molecule has 4 saturated carbocycles. The Bertz CT molecular complexity index is 636. The molecule has 1 heterocycles. The number of aliphatic hydroxyl groups excluding tert-OH is 1. The number of hydrogen-bond donors (Lipinski definition) is 1. The first kappa shape index (κ1) is 16.5. The monoisotopic (exact) mass is 332 g/mol. The molecule has 0 aromatic heterocycles. The van der Waals surface area contributed by atoms with E-state index in [1.54, 1.807) is 0 Å². The Labute approximate surface area is 143 Å². The molecule has 4 heteroatoms. The molecule has 24 heavy (non-hydrogen) atoms. The van der Waals surface area contributed by atoms with Crippen molar-refractivity contribution in [3.05, 3.63) is 12.2 Å². The lowest BCUT2D eigenvalue weighted by atomic mass is 9.41. The molecule has 132 valence electrons. The number of aliphatic hydroxyl groups is 1. The number of fused-ring (bicyclic) bond motifs is 3. The van der Waals surface area contributed by atoms with Crippen LogP contribution in [0, 0.1) is 22.7 Å². The number of ketones is 2. The van der Waals surface area contributed by atoms with Gasteiger partial charge in [-0.1, -0.05) is 19.1 Å². The number of carbonyl (C=O) groups is 2. The summed E-state index contributed by atoms with van der Waals surface area (Å²) in [6.45, 7) is 10.1. The van der Waals surface area contributed by atoms with E-state index in [4.69, 9.17) is 4.74 Å². The Morgan fingerprint density at radius 1 is 1.21 bits per heavy atom. The van der Waals surface area contributed by atoms with Crippen LogP contribution in [0.4, 0.5) is 0 Å². The fraction of sp³-hybridized carbons (Fsp3) is 0.800. The normalized spacial score (nSPS) is 50.2. The van der Waals surface area contributed by atoms with Crippen LogP contribution in [0.5, 0.6) is 0 Å². The summed E-state index contributed by atoms with van der Waals surface area (Å²) in [5.74, 6) is 0.235. The third kappa shape index (κ3) is 1.87. The third-order valence-electron chi connectivity index (χ3n) is 7.75. The summed E-state index contributed by atoms with van der Waals surface area (Å²) in [4.78, 5) is 25.4. The van der Waals surface area contributed by atoms with Crippen molar-refractivity contribution >= 4 is 11.6 Å². The van der Waals surface area contributed by atoms with Gasteiger partial charge in [0.05, 0.1) is 6.10 Å². The minimum absolute atomic E-state index is 0.00660. The van der Waals surface area contributed by atoms with Gasteiger partial charge in [0.1, 0.15) is 11.7 Å². The second-order valence-electron chi connectivity index (χ2n) is 9.28. The summed E-state index contributed by atoms with van der Waals surface area (Å²) in [7, 11) is 0. The first-order valence-electron chi connectivity index (χ1n) is 9.23. The number of Topliss-reactive ketones (excluding diaryl/α,β-unsaturated/α-hetero) is 2. The lowest BCUT2D eigenvalue weighted by molar-refractivity contribution is -0.205. The quantitative estimate of drug-likeness (QED) is 0.693. The van der Waals surface area contributed by atoms with Crippen LogP contribution in [-0.2, 0) is 14.3 Å². The summed E-state index contributed by atoms with van der Waals surface area (Å²) < 4.78 is 6.31. The van der Waals surface area contributed by atoms with Gasteiger partial charge in [0.2, 0.25) is 0 Å². The number of ether oxygens (including phenoxy) is 1. The lowest BCUT2D eigenvalue weighted by Gasteiger charge is -2.63. The second kappa shape index (κ2) is 4.79.